The third-order valence-electron chi connectivity index (χ3n) is 3.61. The monoisotopic (exact) mass is 309 g/mol. The molecule has 122 valence electrons. The minimum Gasteiger partial charge on any atom is -0.444 e. The predicted molar refractivity (Wildman–Crippen MR) is 82.3 cm³/mol. The third-order valence-corrected chi connectivity index (χ3v) is 3.61. The molecule has 1 heterocycles. The maximum atomic E-state index is 13.2. The van der Waals surface area contributed by atoms with E-state index < -0.39 is 24.4 Å². The molecule has 1 aromatic rings. The van der Waals surface area contributed by atoms with Crippen LogP contribution in [0.15, 0.2) is 30.3 Å². The largest absolute Gasteiger partial charge is 0.444 e. The van der Waals surface area contributed by atoms with Crippen LogP contribution in [0.25, 0.3) is 0 Å². The Morgan fingerprint density at radius 1 is 1.32 bits per heavy atom. The molecule has 2 rings (SSSR count). The number of benzene rings is 1. The lowest BCUT2D eigenvalue weighted by Gasteiger charge is -2.46. The molecule has 1 aliphatic rings. The molecule has 0 radical (unpaired) electrons. The molecule has 1 fully saturated rings. The van der Waals surface area contributed by atoms with Gasteiger partial charge in [-0.2, -0.15) is 0 Å². The van der Waals surface area contributed by atoms with Crippen LogP contribution in [0.3, 0.4) is 0 Å². The van der Waals surface area contributed by atoms with Crippen LogP contribution in [-0.2, 0) is 16.1 Å². The second-order valence-corrected chi connectivity index (χ2v) is 6.62. The van der Waals surface area contributed by atoms with Crippen LogP contribution in [0.2, 0.25) is 0 Å². The molecule has 1 aliphatic heterocycles. The van der Waals surface area contributed by atoms with Gasteiger partial charge in [0.05, 0.1) is 19.3 Å². The summed E-state index contributed by atoms with van der Waals surface area (Å²) in [5.74, 6) is 0.0289. The molecule has 1 saturated heterocycles. The molecule has 5 heteroatoms. The SMILES string of the molecule is CC(C)(C)OC(=O)N1C[C@H](COCc2ccccc2)[C@H]1CF. The van der Waals surface area contributed by atoms with Gasteiger partial charge in [0.2, 0.25) is 0 Å². The summed E-state index contributed by atoms with van der Waals surface area (Å²) in [5.41, 5.74) is 0.523. The molecule has 1 amide bonds. The Morgan fingerprint density at radius 3 is 2.59 bits per heavy atom. The second kappa shape index (κ2) is 7.09. The van der Waals surface area contributed by atoms with E-state index in [1.807, 2.05) is 30.3 Å². The van der Waals surface area contributed by atoms with Crippen molar-refractivity contribution in [3.63, 3.8) is 0 Å². The fourth-order valence-corrected chi connectivity index (χ4v) is 2.43. The van der Waals surface area contributed by atoms with E-state index >= 15 is 0 Å². The maximum Gasteiger partial charge on any atom is 0.410 e. The van der Waals surface area contributed by atoms with Crippen LogP contribution in [-0.4, -0.2) is 42.5 Å². The number of ether oxygens (including phenoxy) is 2. The van der Waals surface area contributed by atoms with Gasteiger partial charge >= 0.3 is 6.09 Å². The normalized spacial score (nSPS) is 21.4. The van der Waals surface area contributed by atoms with Gasteiger partial charge < -0.3 is 14.4 Å². The van der Waals surface area contributed by atoms with Crippen LogP contribution < -0.4 is 0 Å². The van der Waals surface area contributed by atoms with E-state index in [-0.39, 0.29) is 5.92 Å². The Kier molecular flexibility index (Phi) is 5.40. The molecular weight excluding hydrogens is 285 g/mol. The van der Waals surface area contributed by atoms with Crippen molar-refractivity contribution in [3.8, 4) is 0 Å². The zero-order valence-corrected chi connectivity index (χ0v) is 13.4. The summed E-state index contributed by atoms with van der Waals surface area (Å²) >= 11 is 0. The summed E-state index contributed by atoms with van der Waals surface area (Å²) < 4.78 is 24.1. The molecule has 0 aliphatic carbocycles. The van der Waals surface area contributed by atoms with Crippen LogP contribution in [0.4, 0.5) is 9.18 Å². The Labute approximate surface area is 131 Å². The predicted octanol–water partition coefficient (Wildman–Crippen LogP) is 3.41. The number of nitrogens with zero attached hydrogens (tertiary/aromatic N) is 1. The van der Waals surface area contributed by atoms with E-state index in [1.54, 1.807) is 20.8 Å². The third kappa shape index (κ3) is 4.44. The van der Waals surface area contributed by atoms with Gasteiger partial charge in [-0.1, -0.05) is 30.3 Å². The summed E-state index contributed by atoms with van der Waals surface area (Å²) in [6, 6.07) is 9.40. The first-order valence-electron chi connectivity index (χ1n) is 7.58. The number of hydrogen-bond acceptors (Lipinski definition) is 3. The van der Waals surface area contributed by atoms with Gasteiger partial charge in [0.1, 0.15) is 12.3 Å². The molecule has 0 saturated carbocycles. The van der Waals surface area contributed by atoms with Gasteiger partial charge in [0.15, 0.2) is 0 Å². The van der Waals surface area contributed by atoms with E-state index in [9.17, 15) is 9.18 Å². The number of likely N-dealkylation sites (tertiary alicyclic amines) is 1. The van der Waals surface area contributed by atoms with Crippen molar-refractivity contribution in [3.05, 3.63) is 35.9 Å². The minimum atomic E-state index is -0.571. The van der Waals surface area contributed by atoms with Crippen molar-refractivity contribution < 1.29 is 18.7 Å². The Balaban J connectivity index is 1.76. The summed E-state index contributed by atoms with van der Waals surface area (Å²) in [6.07, 6.45) is -0.450. The molecular formula is C17H24FNO3. The summed E-state index contributed by atoms with van der Waals surface area (Å²) in [5, 5.41) is 0. The molecule has 1 aromatic carbocycles. The molecule has 0 N–H and O–H groups in total. The fraction of sp³-hybridized carbons (Fsp3) is 0.588. The first kappa shape index (κ1) is 16.7. The van der Waals surface area contributed by atoms with Crippen molar-refractivity contribution in [2.45, 2.75) is 39.0 Å². The van der Waals surface area contributed by atoms with Crippen molar-refractivity contribution in [2.75, 3.05) is 19.8 Å². The van der Waals surface area contributed by atoms with E-state index in [0.717, 1.165) is 5.56 Å². The number of rotatable bonds is 5. The number of carbonyl (C=O) groups excluding carboxylic acids is 1. The highest BCUT2D eigenvalue weighted by molar-refractivity contribution is 5.69. The molecule has 22 heavy (non-hydrogen) atoms. The van der Waals surface area contributed by atoms with Crippen LogP contribution >= 0.6 is 0 Å². The second-order valence-electron chi connectivity index (χ2n) is 6.62. The number of carbonyl (C=O) groups is 1. The quantitative estimate of drug-likeness (QED) is 0.836. The van der Waals surface area contributed by atoms with Crippen LogP contribution in [0.1, 0.15) is 26.3 Å². The fourth-order valence-electron chi connectivity index (χ4n) is 2.43. The van der Waals surface area contributed by atoms with Gasteiger partial charge in [-0.05, 0) is 26.3 Å². The maximum absolute atomic E-state index is 13.2. The minimum absolute atomic E-state index is 0.0289. The lowest BCUT2D eigenvalue weighted by Crippen LogP contribution is -2.61. The molecule has 2 atom stereocenters. The average molecular weight is 309 g/mol. The number of alkyl halides is 1. The zero-order valence-electron chi connectivity index (χ0n) is 13.4. The van der Waals surface area contributed by atoms with Crippen molar-refractivity contribution in [1.82, 2.24) is 4.90 Å². The van der Waals surface area contributed by atoms with E-state index in [4.69, 9.17) is 9.47 Å². The first-order chi connectivity index (χ1) is 10.4. The molecule has 0 aromatic heterocycles. The van der Waals surface area contributed by atoms with Crippen molar-refractivity contribution in [2.24, 2.45) is 5.92 Å². The van der Waals surface area contributed by atoms with Crippen molar-refractivity contribution in [1.29, 1.82) is 0 Å². The van der Waals surface area contributed by atoms with Crippen LogP contribution in [0.5, 0.6) is 0 Å². The number of hydrogen-bond donors (Lipinski definition) is 0. The van der Waals surface area contributed by atoms with Gasteiger partial charge in [-0.15, -0.1) is 0 Å². The summed E-state index contributed by atoms with van der Waals surface area (Å²) in [6.45, 7) is 6.27. The smallest absolute Gasteiger partial charge is 0.410 e. The molecule has 0 bridgehead atoms. The first-order valence-corrected chi connectivity index (χ1v) is 7.58. The molecule has 0 unspecified atom stereocenters. The number of amides is 1. The van der Waals surface area contributed by atoms with Crippen molar-refractivity contribution >= 4 is 6.09 Å². The topological polar surface area (TPSA) is 38.8 Å². The van der Waals surface area contributed by atoms with Gasteiger partial charge in [-0.25, -0.2) is 9.18 Å². The highest BCUT2D eigenvalue weighted by Crippen LogP contribution is 2.28. The van der Waals surface area contributed by atoms with Crippen LogP contribution in [0, 0.1) is 5.92 Å². The standard InChI is InChI=1S/C17H24FNO3/c1-17(2,3)22-16(20)19-10-14(15(19)9-18)12-21-11-13-7-5-4-6-8-13/h4-8,14-15H,9-12H2,1-3H3/t14-,15-/m1/s1. The highest BCUT2D eigenvalue weighted by atomic mass is 19.1. The van der Waals surface area contributed by atoms with E-state index in [0.29, 0.717) is 19.8 Å². The highest BCUT2D eigenvalue weighted by Gasteiger charge is 2.43. The van der Waals surface area contributed by atoms with E-state index in [2.05, 4.69) is 0 Å². The Bertz CT molecular complexity index is 486. The zero-order chi connectivity index (χ0) is 16.2. The lowest BCUT2D eigenvalue weighted by molar-refractivity contribution is -0.0631. The summed E-state index contributed by atoms with van der Waals surface area (Å²) in [4.78, 5) is 13.4. The lowest BCUT2D eigenvalue weighted by atomic mass is 9.90. The number of halogens is 1. The Hall–Kier alpha value is -1.62. The molecule has 4 nitrogen and oxygen atoms in total. The van der Waals surface area contributed by atoms with Gasteiger partial charge in [0, 0.05) is 12.5 Å². The summed E-state index contributed by atoms with van der Waals surface area (Å²) in [7, 11) is 0. The Morgan fingerprint density at radius 2 is 2.00 bits per heavy atom. The van der Waals surface area contributed by atoms with Gasteiger partial charge in [0.25, 0.3) is 0 Å². The van der Waals surface area contributed by atoms with E-state index in [1.165, 1.54) is 4.90 Å². The molecule has 0 spiro atoms. The van der Waals surface area contributed by atoms with Gasteiger partial charge in [-0.3, -0.25) is 0 Å². The average Bonchev–Trinajstić information content (AvgIpc) is 2.41.